The monoisotopic (exact) mass is 236 g/mol. The third-order valence-electron chi connectivity index (χ3n) is 3.70. The lowest BCUT2D eigenvalue weighted by atomic mass is 9.98. The van der Waals surface area contributed by atoms with Crippen LogP contribution in [0, 0.1) is 27.7 Å². The van der Waals surface area contributed by atoms with Crippen molar-refractivity contribution in [3.63, 3.8) is 0 Å². The second-order valence-corrected chi connectivity index (χ2v) is 5.34. The predicted octanol–water partition coefficient (Wildman–Crippen LogP) is 4.13. The first-order valence-corrected chi connectivity index (χ1v) is 6.26. The first-order chi connectivity index (χ1) is 8.49. The first-order valence-electron chi connectivity index (χ1n) is 6.26. The van der Waals surface area contributed by atoms with E-state index in [9.17, 15) is 4.79 Å². The van der Waals surface area contributed by atoms with E-state index in [0.29, 0.717) is 0 Å². The number of carbonyl (C=O) groups excluding carboxylic acids is 1. The molecule has 1 aliphatic rings. The van der Waals surface area contributed by atoms with Crippen LogP contribution in [0.25, 0.3) is 11.1 Å². The van der Waals surface area contributed by atoms with Gasteiger partial charge in [-0.2, -0.15) is 0 Å². The van der Waals surface area contributed by atoms with Gasteiger partial charge in [-0.05, 0) is 49.9 Å². The van der Waals surface area contributed by atoms with E-state index in [4.69, 9.17) is 0 Å². The van der Waals surface area contributed by atoms with Gasteiger partial charge in [-0.15, -0.1) is 0 Å². The second-order valence-electron chi connectivity index (χ2n) is 5.34. The highest BCUT2D eigenvalue weighted by atomic mass is 16.1. The molecule has 0 aromatic heterocycles. The van der Waals surface area contributed by atoms with Crippen molar-refractivity contribution in [1.82, 2.24) is 0 Å². The van der Waals surface area contributed by atoms with Crippen LogP contribution in [0.15, 0.2) is 24.3 Å². The van der Waals surface area contributed by atoms with Crippen LogP contribution >= 0.6 is 0 Å². The fourth-order valence-corrected chi connectivity index (χ4v) is 3.09. The van der Waals surface area contributed by atoms with Gasteiger partial charge in [0, 0.05) is 11.1 Å². The summed E-state index contributed by atoms with van der Waals surface area (Å²) in [5.41, 5.74) is 8.61. The van der Waals surface area contributed by atoms with E-state index in [2.05, 4.69) is 38.1 Å². The van der Waals surface area contributed by atoms with Gasteiger partial charge in [-0.3, -0.25) is 4.79 Å². The Morgan fingerprint density at radius 2 is 1.06 bits per heavy atom. The summed E-state index contributed by atoms with van der Waals surface area (Å²) in [5, 5.41) is 0. The Kier molecular flexibility index (Phi) is 2.21. The molecular weight excluding hydrogens is 220 g/mol. The minimum atomic E-state index is 0.190. The average Bonchev–Trinajstić information content (AvgIpc) is 2.52. The fourth-order valence-electron chi connectivity index (χ4n) is 3.09. The Balaban J connectivity index is 2.44. The van der Waals surface area contributed by atoms with E-state index < -0.39 is 0 Å². The van der Waals surface area contributed by atoms with Crippen molar-refractivity contribution in [2.24, 2.45) is 0 Å². The molecule has 0 radical (unpaired) electrons. The van der Waals surface area contributed by atoms with Gasteiger partial charge in [0.2, 0.25) is 0 Å². The molecule has 0 saturated carbocycles. The summed E-state index contributed by atoms with van der Waals surface area (Å²) in [7, 11) is 0. The molecule has 1 nitrogen and oxygen atoms in total. The molecule has 2 aromatic rings. The van der Waals surface area contributed by atoms with E-state index >= 15 is 0 Å². The predicted molar refractivity (Wildman–Crippen MR) is 74.3 cm³/mol. The molecule has 0 atom stereocenters. The highest BCUT2D eigenvalue weighted by Crippen LogP contribution is 2.40. The van der Waals surface area contributed by atoms with E-state index in [1.54, 1.807) is 0 Å². The summed E-state index contributed by atoms with van der Waals surface area (Å²) < 4.78 is 0. The minimum absolute atomic E-state index is 0.190. The lowest BCUT2D eigenvalue weighted by Crippen LogP contribution is -2.00. The van der Waals surface area contributed by atoms with Crippen LogP contribution in [0.2, 0.25) is 0 Å². The molecule has 0 spiro atoms. The largest absolute Gasteiger partial charge is 0.289 e. The molecule has 90 valence electrons. The smallest absolute Gasteiger partial charge is 0.194 e. The van der Waals surface area contributed by atoms with Crippen LogP contribution in [0.4, 0.5) is 0 Å². The van der Waals surface area contributed by atoms with Gasteiger partial charge < -0.3 is 0 Å². The molecular formula is C17H16O. The summed E-state index contributed by atoms with van der Waals surface area (Å²) >= 11 is 0. The lowest BCUT2D eigenvalue weighted by Gasteiger charge is -2.06. The highest BCUT2D eigenvalue weighted by molar-refractivity contribution is 6.23. The van der Waals surface area contributed by atoms with Crippen molar-refractivity contribution in [1.29, 1.82) is 0 Å². The van der Waals surface area contributed by atoms with Gasteiger partial charge in [-0.25, -0.2) is 0 Å². The molecule has 0 N–H and O–H groups in total. The van der Waals surface area contributed by atoms with Crippen LogP contribution in [0.5, 0.6) is 0 Å². The van der Waals surface area contributed by atoms with Gasteiger partial charge in [0.15, 0.2) is 5.78 Å². The molecule has 0 bridgehead atoms. The van der Waals surface area contributed by atoms with Crippen molar-refractivity contribution in [3.05, 3.63) is 57.6 Å². The third-order valence-corrected chi connectivity index (χ3v) is 3.70. The van der Waals surface area contributed by atoms with Gasteiger partial charge in [-0.1, -0.05) is 35.4 Å². The van der Waals surface area contributed by atoms with Gasteiger partial charge in [0.05, 0.1) is 0 Å². The standard InChI is InChI=1S/C17H16O/c1-9-5-11(3)15-13(7-9)14-8-10(2)6-12(4)16(14)17(15)18/h5-8H,1-4H3. The lowest BCUT2D eigenvalue weighted by molar-refractivity contribution is 0.104. The minimum Gasteiger partial charge on any atom is -0.289 e. The topological polar surface area (TPSA) is 17.1 Å². The summed E-state index contributed by atoms with van der Waals surface area (Å²) in [6.45, 7) is 8.21. The Labute approximate surface area is 107 Å². The number of hydrogen-bond donors (Lipinski definition) is 0. The number of rotatable bonds is 0. The summed E-state index contributed by atoms with van der Waals surface area (Å²) in [6.07, 6.45) is 0. The van der Waals surface area contributed by atoms with Gasteiger partial charge >= 0.3 is 0 Å². The van der Waals surface area contributed by atoms with E-state index in [-0.39, 0.29) is 5.78 Å². The molecule has 1 heteroatoms. The number of fused-ring (bicyclic) bond motifs is 3. The molecule has 0 heterocycles. The molecule has 2 aromatic carbocycles. The number of benzene rings is 2. The van der Waals surface area contributed by atoms with Crippen LogP contribution in [-0.2, 0) is 0 Å². The Hall–Kier alpha value is -1.89. The zero-order valence-electron chi connectivity index (χ0n) is 11.2. The maximum absolute atomic E-state index is 12.6. The van der Waals surface area contributed by atoms with Crippen molar-refractivity contribution in [2.45, 2.75) is 27.7 Å². The molecule has 0 fully saturated rings. The Morgan fingerprint density at radius 3 is 1.44 bits per heavy atom. The van der Waals surface area contributed by atoms with Crippen molar-refractivity contribution in [3.8, 4) is 11.1 Å². The molecule has 0 unspecified atom stereocenters. The zero-order chi connectivity index (χ0) is 13.0. The number of carbonyl (C=O) groups is 1. The third kappa shape index (κ3) is 1.37. The van der Waals surface area contributed by atoms with Crippen LogP contribution in [0.3, 0.4) is 0 Å². The fraction of sp³-hybridized carbons (Fsp3) is 0.235. The van der Waals surface area contributed by atoms with Crippen molar-refractivity contribution < 1.29 is 4.79 Å². The second kappa shape index (κ2) is 3.55. The van der Waals surface area contributed by atoms with Crippen LogP contribution in [-0.4, -0.2) is 5.78 Å². The summed E-state index contributed by atoms with van der Waals surface area (Å²) in [6, 6.07) is 8.44. The van der Waals surface area contributed by atoms with E-state index in [1.807, 2.05) is 13.8 Å². The number of hydrogen-bond acceptors (Lipinski definition) is 1. The normalized spacial score (nSPS) is 12.6. The van der Waals surface area contributed by atoms with E-state index in [1.165, 1.54) is 11.1 Å². The highest BCUT2D eigenvalue weighted by Gasteiger charge is 2.29. The molecule has 0 amide bonds. The molecule has 0 aliphatic heterocycles. The molecule has 3 rings (SSSR count). The molecule has 18 heavy (non-hydrogen) atoms. The van der Waals surface area contributed by atoms with Crippen molar-refractivity contribution in [2.75, 3.05) is 0 Å². The summed E-state index contributed by atoms with van der Waals surface area (Å²) in [5.74, 6) is 0.190. The Morgan fingerprint density at radius 1 is 0.667 bits per heavy atom. The number of aryl methyl sites for hydroxylation is 4. The van der Waals surface area contributed by atoms with Crippen LogP contribution < -0.4 is 0 Å². The first kappa shape index (κ1) is 11.2. The van der Waals surface area contributed by atoms with Gasteiger partial charge in [0.25, 0.3) is 0 Å². The molecule has 0 saturated heterocycles. The summed E-state index contributed by atoms with van der Waals surface area (Å²) in [4.78, 5) is 12.6. The maximum atomic E-state index is 12.6. The average molecular weight is 236 g/mol. The quantitative estimate of drug-likeness (QED) is 0.573. The van der Waals surface area contributed by atoms with Crippen molar-refractivity contribution >= 4 is 5.78 Å². The van der Waals surface area contributed by atoms with E-state index in [0.717, 1.165) is 33.4 Å². The Bertz CT molecular complexity index is 634. The maximum Gasteiger partial charge on any atom is 0.194 e. The van der Waals surface area contributed by atoms with Crippen LogP contribution in [0.1, 0.15) is 38.2 Å². The number of ketones is 1. The molecule has 1 aliphatic carbocycles. The SMILES string of the molecule is Cc1cc(C)c2c(c1)-c1cc(C)cc(C)c1C2=O. The van der Waals surface area contributed by atoms with Gasteiger partial charge in [0.1, 0.15) is 0 Å². The zero-order valence-corrected chi connectivity index (χ0v) is 11.2.